The van der Waals surface area contributed by atoms with E-state index in [4.69, 9.17) is 5.73 Å². The Labute approximate surface area is 89.9 Å². The summed E-state index contributed by atoms with van der Waals surface area (Å²) in [7, 11) is 0. The molecule has 1 aliphatic carbocycles. The number of pyridine rings is 1. The minimum atomic E-state index is 0.0434. The van der Waals surface area contributed by atoms with Crippen LogP contribution in [0.1, 0.15) is 44.6 Å². The Morgan fingerprint density at radius 3 is 2.47 bits per heavy atom. The fourth-order valence-corrected chi connectivity index (χ4v) is 2.34. The molecule has 0 saturated heterocycles. The molecule has 2 N–H and O–H groups in total. The molecule has 0 bridgehead atoms. The Bertz CT molecular complexity index is 375. The number of nitrogen functional groups attached to an aromatic ring is 1. The first-order valence-electron chi connectivity index (χ1n) is 5.75. The SMILES string of the molecule is Nc1ccn(C2CCCCCC2)c(=O)c1. The van der Waals surface area contributed by atoms with Crippen molar-refractivity contribution in [3.05, 3.63) is 28.7 Å². The molecule has 1 aromatic heterocycles. The van der Waals surface area contributed by atoms with Crippen LogP contribution < -0.4 is 11.3 Å². The molecule has 0 amide bonds. The Morgan fingerprint density at radius 1 is 1.20 bits per heavy atom. The zero-order chi connectivity index (χ0) is 10.7. The van der Waals surface area contributed by atoms with Gasteiger partial charge < -0.3 is 10.3 Å². The molecule has 1 saturated carbocycles. The van der Waals surface area contributed by atoms with E-state index in [-0.39, 0.29) is 5.56 Å². The smallest absolute Gasteiger partial charge is 0.252 e. The topological polar surface area (TPSA) is 48.0 Å². The average Bonchev–Trinajstić information content (AvgIpc) is 2.46. The molecule has 1 aliphatic rings. The molecule has 1 fully saturated rings. The van der Waals surface area contributed by atoms with E-state index in [0.717, 1.165) is 12.8 Å². The maximum absolute atomic E-state index is 11.7. The minimum absolute atomic E-state index is 0.0434. The molecule has 0 aliphatic heterocycles. The second-order valence-electron chi connectivity index (χ2n) is 4.35. The van der Waals surface area contributed by atoms with Crippen LogP contribution in [0, 0.1) is 0 Å². The van der Waals surface area contributed by atoms with Crippen molar-refractivity contribution in [3.63, 3.8) is 0 Å². The van der Waals surface area contributed by atoms with Crippen LogP contribution in [0.4, 0.5) is 5.69 Å². The molecule has 0 spiro atoms. The monoisotopic (exact) mass is 206 g/mol. The average molecular weight is 206 g/mol. The molecule has 15 heavy (non-hydrogen) atoms. The Balaban J connectivity index is 2.23. The van der Waals surface area contributed by atoms with E-state index in [2.05, 4.69) is 0 Å². The summed E-state index contributed by atoms with van der Waals surface area (Å²) in [6.45, 7) is 0. The van der Waals surface area contributed by atoms with Crippen LogP contribution in [0.5, 0.6) is 0 Å². The van der Waals surface area contributed by atoms with Crippen LogP contribution in [-0.2, 0) is 0 Å². The summed E-state index contributed by atoms with van der Waals surface area (Å²) in [6.07, 6.45) is 9.19. The highest BCUT2D eigenvalue weighted by Crippen LogP contribution is 2.25. The third-order valence-corrected chi connectivity index (χ3v) is 3.19. The van der Waals surface area contributed by atoms with Gasteiger partial charge in [-0.1, -0.05) is 25.7 Å². The third kappa shape index (κ3) is 2.41. The van der Waals surface area contributed by atoms with Gasteiger partial charge in [-0.05, 0) is 18.9 Å². The van der Waals surface area contributed by atoms with Gasteiger partial charge in [-0.15, -0.1) is 0 Å². The second-order valence-corrected chi connectivity index (χ2v) is 4.35. The number of hydrogen-bond acceptors (Lipinski definition) is 2. The largest absolute Gasteiger partial charge is 0.399 e. The summed E-state index contributed by atoms with van der Waals surface area (Å²) in [6, 6.07) is 3.72. The molecule has 1 heterocycles. The number of nitrogens with two attached hydrogens (primary N) is 1. The zero-order valence-electron chi connectivity index (χ0n) is 8.98. The molecule has 3 heteroatoms. The summed E-state index contributed by atoms with van der Waals surface area (Å²) in [5.74, 6) is 0. The molecule has 0 radical (unpaired) electrons. The van der Waals surface area contributed by atoms with Gasteiger partial charge in [0, 0.05) is 24.0 Å². The first-order valence-corrected chi connectivity index (χ1v) is 5.75. The van der Waals surface area contributed by atoms with E-state index in [9.17, 15) is 4.79 Å². The summed E-state index contributed by atoms with van der Waals surface area (Å²) in [5.41, 5.74) is 6.18. The quantitative estimate of drug-likeness (QED) is 0.717. The highest BCUT2D eigenvalue weighted by atomic mass is 16.1. The molecule has 3 nitrogen and oxygen atoms in total. The van der Waals surface area contributed by atoms with Crippen molar-refractivity contribution in [2.24, 2.45) is 0 Å². The summed E-state index contributed by atoms with van der Waals surface area (Å²) in [5, 5.41) is 0. The Hall–Kier alpha value is -1.25. The van der Waals surface area contributed by atoms with Gasteiger partial charge >= 0.3 is 0 Å². The van der Waals surface area contributed by atoms with Crippen molar-refractivity contribution >= 4 is 5.69 Å². The van der Waals surface area contributed by atoms with Gasteiger partial charge in [-0.25, -0.2) is 0 Å². The summed E-state index contributed by atoms with van der Waals surface area (Å²) < 4.78 is 1.85. The van der Waals surface area contributed by atoms with Crippen LogP contribution in [-0.4, -0.2) is 4.57 Å². The maximum atomic E-state index is 11.7. The van der Waals surface area contributed by atoms with E-state index in [1.807, 2.05) is 16.8 Å². The highest BCUT2D eigenvalue weighted by molar-refractivity contribution is 5.34. The summed E-state index contributed by atoms with van der Waals surface area (Å²) in [4.78, 5) is 11.7. The van der Waals surface area contributed by atoms with E-state index in [0.29, 0.717) is 11.7 Å². The molecule has 0 aromatic carbocycles. The predicted octanol–water partition coefficient (Wildman–Crippen LogP) is 2.33. The molecule has 1 aromatic rings. The van der Waals surface area contributed by atoms with E-state index < -0.39 is 0 Å². The number of hydrogen-bond donors (Lipinski definition) is 1. The fraction of sp³-hybridized carbons (Fsp3) is 0.583. The fourth-order valence-electron chi connectivity index (χ4n) is 2.34. The Kier molecular flexibility index (Phi) is 3.09. The maximum Gasteiger partial charge on any atom is 0.252 e. The number of anilines is 1. The zero-order valence-corrected chi connectivity index (χ0v) is 8.98. The normalized spacial score (nSPS) is 18.7. The predicted molar refractivity (Wildman–Crippen MR) is 61.9 cm³/mol. The van der Waals surface area contributed by atoms with Gasteiger partial charge in [-0.2, -0.15) is 0 Å². The van der Waals surface area contributed by atoms with Crippen molar-refractivity contribution < 1.29 is 0 Å². The lowest BCUT2D eigenvalue weighted by atomic mass is 10.1. The first-order chi connectivity index (χ1) is 7.27. The minimum Gasteiger partial charge on any atom is -0.399 e. The van der Waals surface area contributed by atoms with Crippen molar-refractivity contribution in [2.75, 3.05) is 5.73 Å². The number of rotatable bonds is 1. The van der Waals surface area contributed by atoms with Crippen molar-refractivity contribution in [3.8, 4) is 0 Å². The lowest BCUT2D eigenvalue weighted by molar-refractivity contribution is 0.432. The highest BCUT2D eigenvalue weighted by Gasteiger charge is 2.14. The molecule has 82 valence electrons. The van der Waals surface area contributed by atoms with Crippen LogP contribution in [0.25, 0.3) is 0 Å². The molecular weight excluding hydrogens is 188 g/mol. The number of aromatic nitrogens is 1. The Morgan fingerprint density at radius 2 is 1.87 bits per heavy atom. The molecule has 0 atom stereocenters. The molecule has 2 rings (SSSR count). The van der Waals surface area contributed by atoms with Crippen molar-refractivity contribution in [1.82, 2.24) is 4.57 Å². The van der Waals surface area contributed by atoms with Gasteiger partial charge in [0.05, 0.1) is 0 Å². The van der Waals surface area contributed by atoms with Gasteiger partial charge in [0.2, 0.25) is 0 Å². The van der Waals surface area contributed by atoms with Gasteiger partial charge in [0.1, 0.15) is 0 Å². The number of nitrogens with zero attached hydrogens (tertiary/aromatic N) is 1. The third-order valence-electron chi connectivity index (χ3n) is 3.19. The lowest BCUT2D eigenvalue weighted by Crippen LogP contribution is -2.23. The second kappa shape index (κ2) is 4.51. The first kappa shape index (κ1) is 10.3. The van der Waals surface area contributed by atoms with E-state index >= 15 is 0 Å². The van der Waals surface area contributed by atoms with Gasteiger partial charge in [0.15, 0.2) is 0 Å². The van der Waals surface area contributed by atoms with Crippen molar-refractivity contribution in [1.29, 1.82) is 0 Å². The van der Waals surface area contributed by atoms with Crippen LogP contribution in [0.3, 0.4) is 0 Å². The summed E-state index contributed by atoms with van der Waals surface area (Å²) >= 11 is 0. The van der Waals surface area contributed by atoms with Gasteiger partial charge in [0.25, 0.3) is 5.56 Å². The van der Waals surface area contributed by atoms with Crippen LogP contribution in [0.15, 0.2) is 23.1 Å². The molecule has 0 unspecified atom stereocenters. The van der Waals surface area contributed by atoms with E-state index in [1.54, 1.807) is 0 Å². The van der Waals surface area contributed by atoms with E-state index in [1.165, 1.54) is 31.7 Å². The molecular formula is C12H18N2O. The lowest BCUT2D eigenvalue weighted by Gasteiger charge is -2.17. The standard InChI is InChI=1S/C12H18N2O/c13-10-7-8-14(12(15)9-10)11-5-3-1-2-4-6-11/h7-9,11H,1-6,13H2. The van der Waals surface area contributed by atoms with Crippen molar-refractivity contribution in [2.45, 2.75) is 44.6 Å². The van der Waals surface area contributed by atoms with Gasteiger partial charge in [-0.3, -0.25) is 4.79 Å². The van der Waals surface area contributed by atoms with Crippen LogP contribution in [0.2, 0.25) is 0 Å². The van der Waals surface area contributed by atoms with Crippen LogP contribution >= 0.6 is 0 Å².